The van der Waals surface area contributed by atoms with Crippen molar-refractivity contribution in [2.75, 3.05) is 17.3 Å². The smallest absolute Gasteiger partial charge is 0.0967 e. The predicted molar refractivity (Wildman–Crippen MR) is 282 cm³/mol. The van der Waals surface area contributed by atoms with Gasteiger partial charge in [-0.1, -0.05) is 201 Å². The number of benzene rings is 10. The van der Waals surface area contributed by atoms with Gasteiger partial charge in [0.15, 0.2) is 0 Å². The maximum atomic E-state index is 9.94. The van der Waals surface area contributed by atoms with Crippen molar-refractivity contribution in [3.05, 3.63) is 277 Å². The van der Waals surface area contributed by atoms with E-state index in [1.807, 2.05) is 12.3 Å². The topological polar surface area (TPSA) is 39.1 Å². The van der Waals surface area contributed by atoms with Gasteiger partial charge < -0.3 is 15.6 Å². The van der Waals surface area contributed by atoms with Gasteiger partial charge in [-0.25, -0.2) is 0 Å². The fourth-order valence-electron chi connectivity index (χ4n) is 9.17. The lowest BCUT2D eigenvalue weighted by Gasteiger charge is -2.32. The van der Waals surface area contributed by atoms with Crippen molar-refractivity contribution in [3.63, 3.8) is 0 Å². The summed E-state index contributed by atoms with van der Waals surface area (Å²) in [5.41, 5.74) is 15.7. The summed E-state index contributed by atoms with van der Waals surface area (Å²) in [5, 5.41) is 18.1. The third kappa shape index (κ3) is 8.58. The molecular weight excluding hydrogens is 799 g/mol. The average molecular weight is 848 g/mol. The molecule has 0 aliphatic rings. The number of hydrogen-bond donors (Lipinski definition) is 2. The quantitative estimate of drug-likeness (QED) is 0.113. The van der Waals surface area contributed by atoms with Crippen LogP contribution in [0.1, 0.15) is 33.9 Å². The Labute approximate surface area is 387 Å². The molecule has 0 heterocycles. The van der Waals surface area contributed by atoms with Crippen LogP contribution in [0.5, 0.6) is 0 Å². The summed E-state index contributed by atoms with van der Waals surface area (Å²) < 4.78 is 0. The Morgan fingerprint density at radius 1 is 0.485 bits per heavy atom. The van der Waals surface area contributed by atoms with Crippen LogP contribution < -0.4 is 10.2 Å². The maximum absolute atomic E-state index is 9.94. The van der Waals surface area contributed by atoms with Gasteiger partial charge in [-0.15, -0.1) is 0 Å². The van der Waals surface area contributed by atoms with Crippen LogP contribution in [0.15, 0.2) is 249 Å². The standard InChI is InChI=1S/C63H49N3/c1-44(58-30-16-24-48-22-13-15-29-59(48)58)57-28-14-12-23-49(57)38-39-65-55-36-37-60-51(43-55)25-17-31-61(60)63(66(2)56-26-10-5-11-27-56)62(64)50-34-32-47(33-35-50)54-41-52(45-18-6-3-7-19-45)40-53(42-54)46-20-8-4-9-21-46/h3-43,63-65H,1H2,2H3/b39-38-,64-62?. The summed E-state index contributed by atoms with van der Waals surface area (Å²) in [6, 6.07) is 82.7. The summed E-state index contributed by atoms with van der Waals surface area (Å²) in [7, 11) is 2.09. The number of rotatable bonds is 13. The first-order chi connectivity index (χ1) is 32.5. The molecule has 0 aliphatic carbocycles. The summed E-state index contributed by atoms with van der Waals surface area (Å²) in [5.74, 6) is 0. The van der Waals surface area contributed by atoms with Gasteiger partial charge in [-0.05, 0) is 137 Å². The van der Waals surface area contributed by atoms with E-state index in [-0.39, 0.29) is 6.04 Å². The van der Waals surface area contributed by atoms with E-state index in [0.717, 1.165) is 66.7 Å². The molecule has 0 radical (unpaired) electrons. The van der Waals surface area contributed by atoms with E-state index in [2.05, 4.69) is 260 Å². The Balaban J connectivity index is 0.946. The molecule has 0 amide bonds. The molecule has 10 aromatic rings. The van der Waals surface area contributed by atoms with Gasteiger partial charge >= 0.3 is 0 Å². The molecular formula is C63H49N3. The Morgan fingerprint density at radius 3 is 1.73 bits per heavy atom. The molecule has 1 atom stereocenters. The number of likely N-dealkylation sites (N-methyl/N-ethyl adjacent to an activating group) is 1. The highest BCUT2D eigenvalue weighted by atomic mass is 15.1. The average Bonchev–Trinajstić information content (AvgIpc) is 3.39. The molecule has 0 fully saturated rings. The number of nitrogens with zero attached hydrogens (tertiary/aromatic N) is 1. The molecule has 10 rings (SSSR count). The number of nitrogens with one attached hydrogen (secondary N) is 2. The fourth-order valence-corrected chi connectivity index (χ4v) is 9.17. The van der Waals surface area contributed by atoms with Gasteiger partial charge in [0.05, 0.1) is 11.8 Å². The van der Waals surface area contributed by atoms with Crippen LogP contribution in [0.2, 0.25) is 0 Å². The van der Waals surface area contributed by atoms with Crippen molar-refractivity contribution in [1.29, 1.82) is 5.41 Å². The second-order valence-corrected chi connectivity index (χ2v) is 16.7. The van der Waals surface area contributed by atoms with E-state index in [4.69, 9.17) is 0 Å². The summed E-state index contributed by atoms with van der Waals surface area (Å²) in [6.45, 7) is 4.56. The minimum absolute atomic E-state index is 0.363. The second kappa shape index (κ2) is 18.7. The van der Waals surface area contributed by atoms with Crippen molar-refractivity contribution in [2.24, 2.45) is 0 Å². The summed E-state index contributed by atoms with van der Waals surface area (Å²) in [4.78, 5) is 2.22. The van der Waals surface area contributed by atoms with Crippen molar-refractivity contribution in [2.45, 2.75) is 6.04 Å². The molecule has 0 bridgehead atoms. The predicted octanol–water partition coefficient (Wildman–Crippen LogP) is 16.4. The Kier molecular flexibility index (Phi) is 11.7. The molecule has 0 saturated heterocycles. The zero-order valence-corrected chi connectivity index (χ0v) is 36.9. The Bertz CT molecular complexity index is 3310. The van der Waals surface area contributed by atoms with Crippen molar-refractivity contribution < 1.29 is 0 Å². The van der Waals surface area contributed by atoms with Crippen molar-refractivity contribution >= 4 is 50.3 Å². The molecule has 1 unspecified atom stereocenters. The van der Waals surface area contributed by atoms with Gasteiger partial charge in [-0.3, -0.25) is 0 Å². The number of hydrogen-bond acceptors (Lipinski definition) is 3. The lowest BCUT2D eigenvalue weighted by Crippen LogP contribution is -2.31. The van der Waals surface area contributed by atoms with E-state index >= 15 is 0 Å². The van der Waals surface area contributed by atoms with Gasteiger partial charge in [0.2, 0.25) is 0 Å². The van der Waals surface area contributed by atoms with E-state index in [1.54, 1.807) is 0 Å². The fraction of sp³-hybridized carbons (Fsp3) is 0.0317. The first kappa shape index (κ1) is 41.5. The minimum atomic E-state index is -0.363. The monoisotopic (exact) mass is 847 g/mol. The molecule has 66 heavy (non-hydrogen) atoms. The zero-order valence-electron chi connectivity index (χ0n) is 36.9. The Morgan fingerprint density at radius 2 is 1.03 bits per heavy atom. The van der Waals surface area contributed by atoms with Gasteiger partial charge in [-0.2, -0.15) is 0 Å². The van der Waals surface area contributed by atoms with E-state index in [9.17, 15) is 5.41 Å². The molecule has 10 aromatic carbocycles. The van der Waals surface area contributed by atoms with Crippen LogP contribution in [0.3, 0.4) is 0 Å². The van der Waals surface area contributed by atoms with Crippen LogP contribution in [0, 0.1) is 5.41 Å². The summed E-state index contributed by atoms with van der Waals surface area (Å²) in [6.07, 6.45) is 4.12. The molecule has 0 aliphatic heterocycles. The maximum Gasteiger partial charge on any atom is 0.0967 e. The molecule has 3 heteroatoms. The van der Waals surface area contributed by atoms with Crippen LogP contribution in [-0.2, 0) is 0 Å². The number of para-hydroxylation sites is 1. The highest BCUT2D eigenvalue weighted by Gasteiger charge is 2.26. The second-order valence-electron chi connectivity index (χ2n) is 16.7. The highest BCUT2D eigenvalue weighted by Crippen LogP contribution is 2.37. The zero-order chi connectivity index (χ0) is 44.8. The van der Waals surface area contributed by atoms with E-state index in [1.165, 1.54) is 33.0 Å². The van der Waals surface area contributed by atoms with Gasteiger partial charge in [0.25, 0.3) is 0 Å². The van der Waals surface area contributed by atoms with Crippen LogP contribution >= 0.6 is 0 Å². The van der Waals surface area contributed by atoms with Gasteiger partial charge in [0.1, 0.15) is 0 Å². The molecule has 0 aromatic heterocycles. The van der Waals surface area contributed by atoms with Crippen molar-refractivity contribution in [1.82, 2.24) is 0 Å². The van der Waals surface area contributed by atoms with Crippen LogP contribution in [0.4, 0.5) is 11.4 Å². The molecule has 3 nitrogen and oxygen atoms in total. The van der Waals surface area contributed by atoms with Crippen molar-refractivity contribution in [3.8, 4) is 33.4 Å². The Hall–Kier alpha value is -8.53. The first-order valence-electron chi connectivity index (χ1n) is 22.4. The van der Waals surface area contributed by atoms with Crippen LogP contribution in [0.25, 0.3) is 66.6 Å². The number of fused-ring (bicyclic) bond motifs is 2. The first-order valence-corrected chi connectivity index (χ1v) is 22.4. The largest absolute Gasteiger partial charge is 0.362 e. The molecule has 316 valence electrons. The third-order valence-corrected chi connectivity index (χ3v) is 12.6. The molecule has 0 saturated carbocycles. The lowest BCUT2D eigenvalue weighted by molar-refractivity contribution is 0.850. The molecule has 0 spiro atoms. The third-order valence-electron chi connectivity index (χ3n) is 12.6. The van der Waals surface area contributed by atoms with Gasteiger partial charge in [0, 0.05) is 24.6 Å². The van der Waals surface area contributed by atoms with E-state index in [0.29, 0.717) is 5.71 Å². The highest BCUT2D eigenvalue weighted by molar-refractivity contribution is 6.07. The summed E-state index contributed by atoms with van der Waals surface area (Å²) >= 11 is 0. The normalized spacial score (nSPS) is 11.7. The SMILES string of the molecule is C=C(c1ccccc1/C=C\Nc1ccc2c(C(C(=N)c3ccc(-c4cc(-c5ccccc5)cc(-c5ccccc5)c4)cc3)N(C)c3ccccc3)cccc2c1)c1cccc2ccccc12. The van der Waals surface area contributed by atoms with E-state index < -0.39 is 0 Å². The minimum Gasteiger partial charge on any atom is -0.362 e. The van der Waals surface area contributed by atoms with Crippen LogP contribution in [-0.4, -0.2) is 12.8 Å². The number of anilines is 2. The molecule has 2 N–H and O–H groups in total. The lowest BCUT2D eigenvalue weighted by atomic mass is 9.89.